The summed E-state index contributed by atoms with van der Waals surface area (Å²) in [6.45, 7) is 4.27. The van der Waals surface area contributed by atoms with Gasteiger partial charge in [-0.25, -0.2) is 0 Å². The number of nitrogens with one attached hydrogen (secondary N) is 1. The summed E-state index contributed by atoms with van der Waals surface area (Å²) in [6.07, 6.45) is 7.58. The van der Waals surface area contributed by atoms with Gasteiger partial charge in [-0.2, -0.15) is 11.3 Å². The van der Waals surface area contributed by atoms with Crippen LogP contribution in [0.5, 0.6) is 0 Å². The van der Waals surface area contributed by atoms with Gasteiger partial charge in [0, 0.05) is 6.04 Å². The van der Waals surface area contributed by atoms with Crippen LogP contribution in [0.1, 0.15) is 64.1 Å². The second-order valence-electron chi connectivity index (χ2n) is 6.74. The van der Waals surface area contributed by atoms with Crippen molar-refractivity contribution in [3.63, 3.8) is 0 Å². The molecule has 0 aromatic carbocycles. The van der Waals surface area contributed by atoms with Gasteiger partial charge in [0.2, 0.25) is 5.91 Å². The molecule has 2 unspecified atom stereocenters. The van der Waals surface area contributed by atoms with Gasteiger partial charge in [0.25, 0.3) is 0 Å². The van der Waals surface area contributed by atoms with Gasteiger partial charge in [-0.15, -0.1) is 0 Å². The normalized spacial score (nSPS) is 28.3. The molecule has 2 heterocycles. The Morgan fingerprint density at radius 3 is 2.52 bits per heavy atom. The predicted molar refractivity (Wildman–Crippen MR) is 87.2 cm³/mol. The van der Waals surface area contributed by atoms with Crippen molar-refractivity contribution in [3.8, 4) is 0 Å². The fourth-order valence-electron chi connectivity index (χ4n) is 3.70. The van der Waals surface area contributed by atoms with Gasteiger partial charge >= 0.3 is 0 Å². The summed E-state index contributed by atoms with van der Waals surface area (Å²) in [7, 11) is 0. The van der Waals surface area contributed by atoms with Crippen LogP contribution >= 0.6 is 11.3 Å². The lowest BCUT2D eigenvalue weighted by Gasteiger charge is -2.32. The Balaban J connectivity index is 1.87. The zero-order valence-corrected chi connectivity index (χ0v) is 13.9. The number of nitrogens with zero attached hydrogens (tertiary/aromatic N) is 1. The molecule has 1 amide bonds. The Morgan fingerprint density at radius 1 is 1.24 bits per heavy atom. The van der Waals surface area contributed by atoms with E-state index in [1.54, 1.807) is 11.3 Å². The van der Waals surface area contributed by atoms with Gasteiger partial charge in [0.05, 0.1) is 6.04 Å². The average molecular weight is 306 g/mol. The highest BCUT2D eigenvalue weighted by Crippen LogP contribution is 2.35. The SMILES string of the molecule is CC(C)C1NC(c2ccsc2)N(C2CCCCCC2)C1=O. The fourth-order valence-corrected chi connectivity index (χ4v) is 4.38. The minimum absolute atomic E-state index is 0.0295. The second kappa shape index (κ2) is 6.49. The summed E-state index contributed by atoms with van der Waals surface area (Å²) in [4.78, 5) is 15.1. The lowest BCUT2D eigenvalue weighted by molar-refractivity contribution is -0.133. The van der Waals surface area contributed by atoms with Crippen LogP contribution in [-0.2, 0) is 4.79 Å². The van der Waals surface area contributed by atoms with E-state index < -0.39 is 0 Å². The molecule has 1 aromatic heterocycles. The van der Waals surface area contributed by atoms with Crippen molar-refractivity contribution in [2.24, 2.45) is 5.92 Å². The maximum absolute atomic E-state index is 12.9. The van der Waals surface area contributed by atoms with Crippen LogP contribution in [0.15, 0.2) is 16.8 Å². The van der Waals surface area contributed by atoms with Crippen LogP contribution in [0, 0.1) is 5.92 Å². The molecular weight excluding hydrogens is 280 g/mol. The smallest absolute Gasteiger partial charge is 0.241 e. The second-order valence-corrected chi connectivity index (χ2v) is 7.52. The molecule has 2 atom stereocenters. The van der Waals surface area contributed by atoms with Gasteiger partial charge in [-0.1, -0.05) is 39.5 Å². The third-order valence-corrected chi connectivity index (χ3v) is 5.58. The highest BCUT2D eigenvalue weighted by Gasteiger charge is 2.44. The zero-order valence-electron chi connectivity index (χ0n) is 13.0. The molecular formula is C17H26N2OS. The van der Waals surface area contributed by atoms with Crippen LogP contribution < -0.4 is 5.32 Å². The molecule has 0 radical (unpaired) electrons. The van der Waals surface area contributed by atoms with Crippen LogP contribution in [-0.4, -0.2) is 22.9 Å². The average Bonchev–Trinajstić information content (AvgIpc) is 3.00. The minimum Gasteiger partial charge on any atom is -0.319 e. The fraction of sp³-hybridized carbons (Fsp3) is 0.706. The van der Waals surface area contributed by atoms with Crippen molar-refractivity contribution in [1.82, 2.24) is 10.2 Å². The molecule has 3 nitrogen and oxygen atoms in total. The molecule has 116 valence electrons. The molecule has 0 spiro atoms. The van der Waals surface area contributed by atoms with E-state index in [9.17, 15) is 4.79 Å². The summed E-state index contributed by atoms with van der Waals surface area (Å²) in [5.74, 6) is 0.655. The third-order valence-electron chi connectivity index (χ3n) is 4.88. The van der Waals surface area contributed by atoms with Crippen molar-refractivity contribution in [1.29, 1.82) is 0 Å². The van der Waals surface area contributed by atoms with Crippen LogP contribution in [0.25, 0.3) is 0 Å². The van der Waals surface area contributed by atoms with Gasteiger partial charge in [0.15, 0.2) is 0 Å². The molecule has 1 aliphatic carbocycles. The van der Waals surface area contributed by atoms with E-state index in [1.807, 2.05) is 0 Å². The van der Waals surface area contributed by atoms with E-state index in [1.165, 1.54) is 44.1 Å². The van der Waals surface area contributed by atoms with Crippen molar-refractivity contribution >= 4 is 17.2 Å². The number of hydrogen-bond donors (Lipinski definition) is 1. The minimum atomic E-state index is -0.0295. The van der Waals surface area contributed by atoms with Crippen LogP contribution in [0.4, 0.5) is 0 Å². The van der Waals surface area contributed by atoms with E-state index in [0.717, 1.165) is 0 Å². The van der Waals surface area contributed by atoms with Crippen molar-refractivity contribution in [2.45, 2.75) is 70.6 Å². The quantitative estimate of drug-likeness (QED) is 0.858. The molecule has 4 heteroatoms. The largest absolute Gasteiger partial charge is 0.319 e. The number of hydrogen-bond acceptors (Lipinski definition) is 3. The lowest BCUT2D eigenvalue weighted by Crippen LogP contribution is -2.40. The van der Waals surface area contributed by atoms with E-state index >= 15 is 0 Å². The summed E-state index contributed by atoms with van der Waals surface area (Å²) >= 11 is 1.71. The van der Waals surface area contributed by atoms with Gasteiger partial charge in [-0.3, -0.25) is 10.1 Å². The molecule has 1 aromatic rings. The Hall–Kier alpha value is -0.870. The summed E-state index contributed by atoms with van der Waals surface area (Å²) in [5.41, 5.74) is 1.25. The first-order valence-electron chi connectivity index (χ1n) is 8.29. The monoisotopic (exact) mass is 306 g/mol. The molecule has 1 aliphatic heterocycles. The van der Waals surface area contributed by atoms with E-state index in [2.05, 4.69) is 40.9 Å². The van der Waals surface area contributed by atoms with Crippen LogP contribution in [0.2, 0.25) is 0 Å². The van der Waals surface area contributed by atoms with Crippen molar-refractivity contribution in [2.75, 3.05) is 0 Å². The van der Waals surface area contributed by atoms with E-state index in [-0.39, 0.29) is 12.2 Å². The summed E-state index contributed by atoms with van der Waals surface area (Å²) in [5, 5.41) is 7.88. The number of carbonyl (C=O) groups excluding carboxylic acids is 1. The topological polar surface area (TPSA) is 32.3 Å². The standard InChI is InChI=1S/C17H26N2OS/c1-12(2)15-17(20)19(14-7-5-3-4-6-8-14)16(18-15)13-9-10-21-11-13/h9-12,14-16,18H,3-8H2,1-2H3. The first-order valence-corrected chi connectivity index (χ1v) is 9.23. The Bertz CT molecular complexity index is 463. The summed E-state index contributed by atoms with van der Waals surface area (Å²) in [6, 6.07) is 2.54. The molecule has 3 rings (SSSR count). The van der Waals surface area contributed by atoms with E-state index in [4.69, 9.17) is 0 Å². The van der Waals surface area contributed by atoms with Gasteiger partial charge in [-0.05, 0) is 41.1 Å². The molecule has 2 aliphatic rings. The van der Waals surface area contributed by atoms with Crippen LogP contribution in [0.3, 0.4) is 0 Å². The van der Waals surface area contributed by atoms with Gasteiger partial charge < -0.3 is 4.90 Å². The highest BCUT2D eigenvalue weighted by atomic mass is 32.1. The van der Waals surface area contributed by atoms with Crippen molar-refractivity contribution < 1.29 is 4.79 Å². The molecule has 0 bridgehead atoms. The number of rotatable bonds is 3. The highest BCUT2D eigenvalue weighted by molar-refractivity contribution is 7.07. The molecule has 1 N–H and O–H groups in total. The molecule has 2 fully saturated rings. The molecule has 21 heavy (non-hydrogen) atoms. The Kier molecular flexibility index (Phi) is 4.65. The maximum atomic E-state index is 12.9. The lowest BCUT2D eigenvalue weighted by atomic mass is 10.0. The first kappa shape index (κ1) is 15.0. The Morgan fingerprint density at radius 2 is 1.95 bits per heavy atom. The van der Waals surface area contributed by atoms with Gasteiger partial charge in [0.1, 0.15) is 6.17 Å². The molecule has 1 saturated heterocycles. The van der Waals surface area contributed by atoms with E-state index in [0.29, 0.717) is 17.9 Å². The zero-order chi connectivity index (χ0) is 14.8. The number of amides is 1. The predicted octanol–water partition coefficient (Wildman–Crippen LogP) is 3.93. The molecule has 1 saturated carbocycles. The summed E-state index contributed by atoms with van der Waals surface area (Å²) < 4.78 is 0. The third kappa shape index (κ3) is 3.02. The first-order chi connectivity index (χ1) is 10.2. The number of carbonyl (C=O) groups is 1. The van der Waals surface area contributed by atoms with Crippen molar-refractivity contribution in [3.05, 3.63) is 22.4 Å². The number of thiophene rings is 1. The maximum Gasteiger partial charge on any atom is 0.241 e. The Labute approximate surface area is 131 Å².